The minimum Gasteiger partial charge on any atom is -0.493 e. The first-order valence-corrected chi connectivity index (χ1v) is 12.5. The van der Waals surface area contributed by atoms with Crippen LogP contribution in [-0.4, -0.2) is 39.5 Å². The number of methoxy groups -OCH3 is 1. The van der Waals surface area contributed by atoms with Gasteiger partial charge in [-0.15, -0.1) is 0 Å². The Morgan fingerprint density at radius 3 is 2.53 bits per heavy atom. The van der Waals surface area contributed by atoms with Crippen molar-refractivity contribution in [2.75, 3.05) is 16.8 Å². The second kappa shape index (κ2) is 9.93. The Morgan fingerprint density at radius 1 is 1.17 bits per heavy atom. The van der Waals surface area contributed by atoms with E-state index in [4.69, 9.17) is 9.47 Å². The Kier molecular flexibility index (Phi) is 7.54. The van der Waals surface area contributed by atoms with Gasteiger partial charge in [-0.1, -0.05) is 30.8 Å². The first-order chi connectivity index (χ1) is 14.3. The largest absolute Gasteiger partial charge is 0.493 e. The van der Waals surface area contributed by atoms with E-state index in [9.17, 15) is 9.90 Å². The van der Waals surface area contributed by atoms with Gasteiger partial charge in [-0.05, 0) is 50.1 Å². The molecule has 0 aliphatic carbocycles. The molecule has 0 saturated carbocycles. The van der Waals surface area contributed by atoms with Crippen LogP contribution in [0.3, 0.4) is 0 Å². The maximum absolute atomic E-state index is 13.1. The molecule has 0 spiro atoms. The molecule has 1 amide bonds. The topological polar surface area (TPSA) is 71.4 Å². The number of thioether (sulfide) groups is 1. The number of hydrogen-bond acceptors (Lipinski definition) is 6. The van der Waals surface area contributed by atoms with E-state index in [-0.39, 0.29) is 12.5 Å². The molecule has 2 aromatic carbocycles. The van der Waals surface area contributed by atoms with Crippen LogP contribution in [0.15, 0.2) is 52.4 Å². The number of aliphatic hydroxyl groups is 1. The summed E-state index contributed by atoms with van der Waals surface area (Å²) in [6.07, 6.45) is 0.980. The van der Waals surface area contributed by atoms with E-state index in [1.807, 2.05) is 22.3 Å². The third kappa shape index (κ3) is 5.83. The van der Waals surface area contributed by atoms with Crippen molar-refractivity contribution in [3.8, 4) is 11.5 Å². The van der Waals surface area contributed by atoms with E-state index < -0.39 is 26.6 Å². The summed E-state index contributed by atoms with van der Waals surface area (Å²) in [5.74, 6) is 0.928. The summed E-state index contributed by atoms with van der Waals surface area (Å²) in [4.78, 5) is 18.4. The quantitative estimate of drug-likeness (QED) is 0.411. The Labute approximate surface area is 191 Å². The lowest BCUT2D eigenvalue weighted by Gasteiger charge is -2.23. The molecule has 160 valence electrons. The normalized spacial score (nSPS) is 14.2. The molecule has 2 aromatic rings. The van der Waals surface area contributed by atoms with Crippen molar-refractivity contribution in [3.05, 3.63) is 48.0 Å². The minimum absolute atomic E-state index is 0.109. The molecule has 1 aliphatic heterocycles. The fraction of sp³-hybridized carbons (Fsp3) is 0.318. The Hall–Kier alpha value is -1.91. The molecule has 1 N–H and O–H groups in total. The van der Waals surface area contributed by atoms with Crippen LogP contribution in [0.5, 0.6) is 11.5 Å². The van der Waals surface area contributed by atoms with E-state index in [1.165, 1.54) is 17.3 Å². The third-order valence-corrected chi connectivity index (χ3v) is 7.23. The van der Waals surface area contributed by atoms with Gasteiger partial charge in [-0.3, -0.25) is 7.91 Å². The average molecular weight is 540 g/mol. The van der Waals surface area contributed by atoms with Gasteiger partial charge in [-0.25, -0.2) is 4.99 Å². The number of hydrogen-bond donors (Lipinski definition) is 1. The number of nitrogens with zero attached hydrogens (tertiary/aromatic N) is 2. The molecule has 0 saturated heterocycles. The van der Waals surface area contributed by atoms with Gasteiger partial charge in [-0.2, -0.15) is 0 Å². The lowest BCUT2D eigenvalue weighted by Crippen LogP contribution is -2.30. The molecular weight excluding hydrogens is 515 g/mol. The highest BCUT2D eigenvalue weighted by molar-refractivity contribution is 14.2. The van der Waals surface area contributed by atoms with Crippen LogP contribution in [0.1, 0.15) is 26.3 Å². The highest BCUT2D eigenvalue weighted by atomic mass is 127. The van der Waals surface area contributed by atoms with Gasteiger partial charge in [0.25, 0.3) is 5.91 Å². The van der Waals surface area contributed by atoms with E-state index in [2.05, 4.69) is 24.0 Å². The molecular formula is C22H25IN2O4S. The summed E-state index contributed by atoms with van der Waals surface area (Å²) in [5.41, 5.74) is 1.05. The zero-order valence-electron chi connectivity index (χ0n) is 17.4. The monoisotopic (exact) mass is 540 g/mol. The minimum atomic E-state index is -0.953. The first-order valence-electron chi connectivity index (χ1n) is 9.48. The van der Waals surface area contributed by atoms with E-state index in [0.29, 0.717) is 16.5 Å². The zero-order valence-corrected chi connectivity index (χ0v) is 20.4. The number of halogens is 1. The second-order valence-corrected chi connectivity index (χ2v) is 10.4. The highest BCUT2D eigenvalue weighted by Gasteiger charge is 2.25. The van der Waals surface area contributed by atoms with Crippen LogP contribution >= 0.6 is 32.8 Å². The number of rotatable bonds is 7. The van der Waals surface area contributed by atoms with Crippen LogP contribution in [-0.2, 0) is 11.2 Å². The summed E-state index contributed by atoms with van der Waals surface area (Å²) in [6.45, 7) is 5.60. The molecule has 0 atom stereocenters. The lowest BCUT2D eigenvalue weighted by molar-refractivity contribution is -0.110. The van der Waals surface area contributed by atoms with Crippen molar-refractivity contribution in [1.29, 1.82) is 0 Å². The standard InChI is InChI=1S/C22H25IN2O4S/c1-5-15-6-9-17(10-7-15)30-20-21(26)25(23-14-24-20)16-8-11-18(19(12-16)28-4)29-13-22(2,3)27/h6-12,14,27H,5,13H2,1-4H3. The van der Waals surface area contributed by atoms with Crippen molar-refractivity contribution in [3.63, 3.8) is 0 Å². The molecule has 6 nitrogen and oxygen atoms in total. The smallest absolute Gasteiger partial charge is 0.292 e. The summed E-state index contributed by atoms with van der Waals surface area (Å²) in [7, 11) is 1.55. The number of ether oxygens (including phenoxy) is 2. The van der Waals surface area contributed by atoms with Crippen molar-refractivity contribution in [2.24, 2.45) is 4.99 Å². The molecule has 0 unspecified atom stereocenters. The number of carbonyl (C=O) groups excluding carboxylic acids is 1. The number of amides is 1. The van der Waals surface area contributed by atoms with Crippen LogP contribution in [0.25, 0.3) is 0 Å². The summed E-state index contributed by atoms with van der Waals surface area (Å²) < 4.78 is 14.7. The highest BCUT2D eigenvalue weighted by Crippen LogP contribution is 2.36. The van der Waals surface area contributed by atoms with E-state index >= 15 is 0 Å². The lowest BCUT2D eigenvalue weighted by atomic mass is 10.2. The van der Waals surface area contributed by atoms with Crippen molar-refractivity contribution < 1.29 is 19.4 Å². The van der Waals surface area contributed by atoms with Crippen LogP contribution in [0.2, 0.25) is 0 Å². The van der Waals surface area contributed by atoms with Gasteiger partial charge in [0.1, 0.15) is 6.61 Å². The van der Waals surface area contributed by atoms with Gasteiger partial charge >= 0.3 is 0 Å². The number of aryl methyl sites for hydroxylation is 1. The van der Waals surface area contributed by atoms with E-state index in [1.54, 1.807) is 36.2 Å². The summed E-state index contributed by atoms with van der Waals surface area (Å²) in [6, 6.07) is 13.6. The number of carbonyl (C=O) groups is 1. The van der Waals surface area contributed by atoms with Crippen molar-refractivity contribution in [1.82, 2.24) is 0 Å². The molecule has 8 heteroatoms. The molecule has 0 aromatic heterocycles. The van der Waals surface area contributed by atoms with Gasteiger partial charge in [0.05, 0.1) is 22.5 Å². The number of aliphatic imine (C=N–C) groups is 1. The fourth-order valence-electron chi connectivity index (χ4n) is 2.59. The molecule has 30 heavy (non-hydrogen) atoms. The third-order valence-electron chi connectivity index (χ3n) is 4.17. The Balaban J connectivity index is 1.76. The van der Waals surface area contributed by atoms with Crippen molar-refractivity contribution in [2.45, 2.75) is 37.7 Å². The van der Waals surface area contributed by atoms with Crippen molar-refractivity contribution >= 4 is 53.5 Å². The molecule has 3 rings (SSSR count). The molecule has 0 bridgehead atoms. The summed E-state index contributed by atoms with van der Waals surface area (Å²) in [5, 5.41) is 10.3. The number of benzene rings is 2. The molecule has 1 aliphatic rings. The Bertz CT molecular complexity index is 968. The van der Waals surface area contributed by atoms with Crippen LogP contribution < -0.4 is 12.6 Å². The van der Waals surface area contributed by atoms with E-state index in [0.717, 1.165) is 17.0 Å². The molecule has 0 radical (unpaired) electrons. The van der Waals surface area contributed by atoms with Gasteiger partial charge in [0.15, 0.2) is 16.5 Å². The van der Waals surface area contributed by atoms with Gasteiger partial charge in [0, 0.05) is 32.0 Å². The first kappa shape index (κ1) is 22.8. The SMILES string of the molecule is CCc1ccc(SC2=NC=IN(c3ccc(OCC(C)(C)O)c(OC)c3)C2=O)cc1. The number of anilines is 1. The maximum Gasteiger partial charge on any atom is 0.292 e. The second-order valence-electron chi connectivity index (χ2n) is 7.25. The maximum atomic E-state index is 13.1. The van der Waals surface area contributed by atoms with Crippen LogP contribution in [0, 0.1) is 0 Å². The molecule has 0 fully saturated rings. The predicted molar refractivity (Wildman–Crippen MR) is 131 cm³/mol. The predicted octanol–water partition coefficient (Wildman–Crippen LogP) is 4.59. The van der Waals surface area contributed by atoms with Gasteiger partial charge < -0.3 is 14.6 Å². The summed E-state index contributed by atoms with van der Waals surface area (Å²) >= 11 is 0.661. The van der Waals surface area contributed by atoms with Crippen LogP contribution in [0.4, 0.5) is 5.69 Å². The Morgan fingerprint density at radius 2 is 1.90 bits per heavy atom. The van der Waals surface area contributed by atoms with Gasteiger partial charge in [0.2, 0.25) is 0 Å². The zero-order chi connectivity index (χ0) is 21.7. The average Bonchev–Trinajstić information content (AvgIpc) is 2.73. The fourth-order valence-corrected chi connectivity index (χ4v) is 5.48. The molecule has 1 heterocycles.